The van der Waals surface area contributed by atoms with Gasteiger partial charge in [-0.3, -0.25) is 9.59 Å². The molecule has 1 aromatic carbocycles. The zero-order valence-electron chi connectivity index (χ0n) is 14.9. The summed E-state index contributed by atoms with van der Waals surface area (Å²) in [4.78, 5) is 28.5. The van der Waals surface area contributed by atoms with Crippen LogP contribution in [0.3, 0.4) is 0 Å². The Hall–Kier alpha value is -2.61. The average molecular weight is 451 g/mol. The summed E-state index contributed by atoms with van der Waals surface area (Å²) in [5.74, 6) is -1.27. The van der Waals surface area contributed by atoms with E-state index < -0.39 is 11.8 Å². The van der Waals surface area contributed by atoms with Crippen molar-refractivity contribution in [1.82, 2.24) is 14.8 Å². The number of fused-ring (bicyclic) bond motifs is 1. The van der Waals surface area contributed by atoms with Crippen LogP contribution in [-0.2, 0) is 12.8 Å². The topological polar surface area (TPSA) is 103 Å². The van der Waals surface area contributed by atoms with Gasteiger partial charge < -0.3 is 11.1 Å². The maximum atomic E-state index is 13.0. The van der Waals surface area contributed by atoms with Gasteiger partial charge in [0.25, 0.3) is 11.8 Å². The highest BCUT2D eigenvalue weighted by Crippen LogP contribution is 2.32. The lowest BCUT2D eigenvalue weighted by molar-refractivity contribution is 0.0996. The molecule has 148 valence electrons. The summed E-state index contributed by atoms with van der Waals surface area (Å²) in [5, 5.41) is 8.19. The molecule has 0 fully saturated rings. The van der Waals surface area contributed by atoms with Crippen molar-refractivity contribution in [3.8, 4) is 5.69 Å². The highest BCUT2D eigenvalue weighted by molar-refractivity contribution is 6.35. The summed E-state index contributed by atoms with van der Waals surface area (Å²) in [5.41, 5.74) is 8.04. The number of primary amides is 1. The summed E-state index contributed by atoms with van der Waals surface area (Å²) >= 11 is 18.1. The van der Waals surface area contributed by atoms with E-state index in [-0.39, 0.29) is 22.2 Å². The Bertz CT molecular complexity index is 1160. The molecule has 4 rings (SSSR count). The molecule has 0 saturated heterocycles. The van der Waals surface area contributed by atoms with Crippen LogP contribution in [0.5, 0.6) is 0 Å². The molecule has 1 aliphatic carbocycles. The van der Waals surface area contributed by atoms with Crippen LogP contribution < -0.4 is 11.1 Å². The molecule has 1 aliphatic rings. The lowest BCUT2D eigenvalue weighted by atomic mass is 10.2. The summed E-state index contributed by atoms with van der Waals surface area (Å²) in [6.07, 6.45) is 2.38. The van der Waals surface area contributed by atoms with Gasteiger partial charge in [0, 0.05) is 16.3 Å². The second-order valence-electron chi connectivity index (χ2n) is 6.48. The number of halogens is 3. The number of rotatable bonds is 4. The molecule has 0 atom stereocenters. The lowest BCUT2D eigenvalue weighted by Gasteiger charge is -2.09. The summed E-state index contributed by atoms with van der Waals surface area (Å²) in [6, 6.07) is 8.02. The highest BCUT2D eigenvalue weighted by Gasteiger charge is 2.28. The van der Waals surface area contributed by atoms with Gasteiger partial charge in [-0.2, -0.15) is 5.10 Å². The van der Waals surface area contributed by atoms with Gasteiger partial charge in [0.15, 0.2) is 11.4 Å². The molecule has 10 heteroatoms. The lowest BCUT2D eigenvalue weighted by Crippen LogP contribution is -2.20. The molecule has 0 aliphatic heterocycles. The number of amides is 2. The van der Waals surface area contributed by atoms with Crippen molar-refractivity contribution in [2.75, 3.05) is 5.32 Å². The number of carbonyl (C=O) groups excluding carboxylic acids is 2. The van der Waals surface area contributed by atoms with Crippen LogP contribution in [0.1, 0.15) is 38.7 Å². The minimum atomic E-state index is -0.800. The Morgan fingerprint density at radius 1 is 1.07 bits per heavy atom. The standard InChI is InChI=1S/C19H14Cl3N5O2/c20-9-4-6-14(11(21)8-9)27-13-3-1-2-10(13)16(26-27)19(29)24-12-5-7-15(22)25-17(12)18(23)28/h4-8H,1-3H2,(H2,23,28)(H,24,29). The molecule has 0 radical (unpaired) electrons. The van der Waals surface area contributed by atoms with E-state index in [1.54, 1.807) is 22.9 Å². The van der Waals surface area contributed by atoms with E-state index in [4.69, 9.17) is 40.5 Å². The highest BCUT2D eigenvalue weighted by atomic mass is 35.5. The Morgan fingerprint density at radius 3 is 2.59 bits per heavy atom. The fourth-order valence-corrected chi connectivity index (χ4v) is 4.01. The number of benzene rings is 1. The molecule has 2 heterocycles. The second kappa shape index (κ2) is 7.67. The van der Waals surface area contributed by atoms with Gasteiger partial charge >= 0.3 is 0 Å². The van der Waals surface area contributed by atoms with Crippen LogP contribution >= 0.6 is 34.8 Å². The predicted octanol–water partition coefficient (Wildman–Crippen LogP) is 4.07. The van der Waals surface area contributed by atoms with Crippen molar-refractivity contribution in [1.29, 1.82) is 0 Å². The van der Waals surface area contributed by atoms with E-state index in [0.717, 1.165) is 24.1 Å². The van der Waals surface area contributed by atoms with Gasteiger partial charge in [0.1, 0.15) is 5.15 Å². The fourth-order valence-electron chi connectivity index (χ4n) is 3.38. The molecule has 29 heavy (non-hydrogen) atoms. The Labute approximate surface area is 180 Å². The molecule has 0 spiro atoms. The Morgan fingerprint density at radius 2 is 1.86 bits per heavy atom. The largest absolute Gasteiger partial charge is 0.364 e. The normalized spacial score (nSPS) is 12.7. The summed E-state index contributed by atoms with van der Waals surface area (Å²) < 4.78 is 1.67. The number of pyridine rings is 1. The van der Waals surface area contributed by atoms with Crippen LogP contribution in [0.4, 0.5) is 5.69 Å². The summed E-state index contributed by atoms with van der Waals surface area (Å²) in [7, 11) is 0. The predicted molar refractivity (Wildman–Crippen MR) is 111 cm³/mol. The SMILES string of the molecule is NC(=O)c1nc(Cl)ccc1NC(=O)c1nn(-c2ccc(Cl)cc2Cl)c2c1CCC2. The third kappa shape index (κ3) is 3.69. The number of nitrogens with two attached hydrogens (primary N) is 1. The van der Waals surface area contributed by atoms with E-state index in [0.29, 0.717) is 22.2 Å². The van der Waals surface area contributed by atoms with Crippen molar-refractivity contribution in [3.63, 3.8) is 0 Å². The number of hydrogen-bond acceptors (Lipinski definition) is 4. The molecule has 0 saturated carbocycles. The Kier molecular flexibility index (Phi) is 5.21. The maximum Gasteiger partial charge on any atom is 0.276 e. The first-order chi connectivity index (χ1) is 13.8. The van der Waals surface area contributed by atoms with E-state index in [9.17, 15) is 9.59 Å². The van der Waals surface area contributed by atoms with Gasteiger partial charge in [0.05, 0.1) is 16.4 Å². The minimum absolute atomic E-state index is 0.0966. The van der Waals surface area contributed by atoms with Crippen molar-refractivity contribution in [2.24, 2.45) is 5.73 Å². The zero-order chi connectivity index (χ0) is 20.7. The molecule has 0 unspecified atom stereocenters. The van der Waals surface area contributed by atoms with Gasteiger partial charge in [-0.15, -0.1) is 0 Å². The van der Waals surface area contributed by atoms with Crippen LogP contribution in [0.25, 0.3) is 5.69 Å². The number of nitrogens with one attached hydrogen (secondary N) is 1. The molecule has 2 aromatic heterocycles. The van der Waals surface area contributed by atoms with Crippen LogP contribution in [0.15, 0.2) is 30.3 Å². The van der Waals surface area contributed by atoms with Crippen LogP contribution in [0, 0.1) is 0 Å². The van der Waals surface area contributed by atoms with Crippen LogP contribution in [-0.4, -0.2) is 26.6 Å². The molecule has 3 aromatic rings. The van der Waals surface area contributed by atoms with Crippen molar-refractivity contribution in [3.05, 3.63) is 68.2 Å². The second-order valence-corrected chi connectivity index (χ2v) is 7.71. The number of aromatic nitrogens is 3. The molecule has 3 N–H and O–H groups in total. The van der Waals surface area contributed by atoms with Crippen LogP contribution in [0.2, 0.25) is 15.2 Å². The number of carbonyl (C=O) groups is 2. The summed E-state index contributed by atoms with van der Waals surface area (Å²) in [6.45, 7) is 0. The molecule has 2 amide bonds. The molecular formula is C19H14Cl3N5O2. The average Bonchev–Trinajstić information content (AvgIpc) is 3.26. The van der Waals surface area contributed by atoms with E-state index in [2.05, 4.69) is 15.4 Å². The third-order valence-corrected chi connectivity index (χ3v) is 5.37. The molecule has 7 nitrogen and oxygen atoms in total. The molecule has 0 bridgehead atoms. The minimum Gasteiger partial charge on any atom is -0.364 e. The monoisotopic (exact) mass is 449 g/mol. The van der Waals surface area contributed by atoms with Gasteiger partial charge in [-0.25, -0.2) is 9.67 Å². The Balaban J connectivity index is 1.73. The van der Waals surface area contributed by atoms with Gasteiger partial charge in [-0.1, -0.05) is 34.8 Å². The van der Waals surface area contributed by atoms with E-state index >= 15 is 0 Å². The first kappa shape index (κ1) is 19.7. The van der Waals surface area contributed by atoms with E-state index in [1.807, 2.05) is 0 Å². The zero-order valence-corrected chi connectivity index (χ0v) is 17.1. The first-order valence-corrected chi connectivity index (χ1v) is 9.82. The third-order valence-electron chi connectivity index (χ3n) is 4.63. The van der Waals surface area contributed by atoms with Crippen molar-refractivity contribution >= 4 is 52.3 Å². The molecular weight excluding hydrogens is 437 g/mol. The first-order valence-electron chi connectivity index (χ1n) is 8.69. The van der Waals surface area contributed by atoms with Crippen molar-refractivity contribution in [2.45, 2.75) is 19.3 Å². The fraction of sp³-hybridized carbons (Fsp3) is 0.158. The van der Waals surface area contributed by atoms with Gasteiger partial charge in [-0.05, 0) is 49.6 Å². The number of hydrogen-bond donors (Lipinski definition) is 2. The maximum absolute atomic E-state index is 13.0. The number of anilines is 1. The van der Waals surface area contributed by atoms with E-state index in [1.165, 1.54) is 12.1 Å². The van der Waals surface area contributed by atoms with Crippen molar-refractivity contribution < 1.29 is 9.59 Å². The van der Waals surface area contributed by atoms with Gasteiger partial charge in [0.2, 0.25) is 0 Å². The quantitative estimate of drug-likeness (QED) is 0.585. The number of nitrogens with zero attached hydrogens (tertiary/aromatic N) is 3. The smallest absolute Gasteiger partial charge is 0.276 e.